The topological polar surface area (TPSA) is 58.6 Å². The zero-order valence-electron chi connectivity index (χ0n) is 12.2. The number of hydrogen-bond donors (Lipinski definition) is 1. The monoisotopic (exact) mass is 288 g/mol. The van der Waals surface area contributed by atoms with Crippen molar-refractivity contribution in [1.29, 1.82) is 0 Å². The molecule has 2 amide bonds. The fraction of sp³-hybridized carbons (Fsp3) is 0.500. The van der Waals surface area contributed by atoms with Gasteiger partial charge in [-0.1, -0.05) is 0 Å². The molecule has 5 nitrogen and oxygen atoms in total. The Morgan fingerprint density at radius 1 is 1.38 bits per heavy atom. The zero-order chi connectivity index (χ0) is 14.8. The van der Waals surface area contributed by atoms with Gasteiger partial charge >= 0.3 is 0 Å². The Morgan fingerprint density at radius 2 is 2.24 bits per heavy atom. The molecule has 3 rings (SSSR count). The summed E-state index contributed by atoms with van der Waals surface area (Å²) in [5, 5.41) is 2.89. The summed E-state index contributed by atoms with van der Waals surface area (Å²) in [6.07, 6.45) is 2.93. The molecule has 112 valence electrons. The van der Waals surface area contributed by atoms with Crippen molar-refractivity contribution in [1.82, 2.24) is 0 Å². The summed E-state index contributed by atoms with van der Waals surface area (Å²) in [5.41, 5.74) is 2.69. The van der Waals surface area contributed by atoms with E-state index in [2.05, 4.69) is 5.32 Å². The van der Waals surface area contributed by atoms with Crippen LogP contribution in [-0.2, 0) is 14.3 Å². The molecule has 2 aliphatic rings. The number of benzene rings is 1. The van der Waals surface area contributed by atoms with Gasteiger partial charge in [0.2, 0.25) is 5.91 Å². The smallest absolute Gasteiger partial charge is 0.253 e. The molecule has 0 unspecified atom stereocenters. The molecule has 5 heteroatoms. The predicted molar refractivity (Wildman–Crippen MR) is 80.4 cm³/mol. The second-order valence-corrected chi connectivity index (χ2v) is 5.64. The minimum Gasteiger partial charge on any atom is -0.368 e. The van der Waals surface area contributed by atoms with Crippen LogP contribution < -0.4 is 10.2 Å². The van der Waals surface area contributed by atoms with Crippen LogP contribution in [0.5, 0.6) is 0 Å². The molecule has 0 radical (unpaired) electrons. The Bertz CT molecular complexity index is 565. The van der Waals surface area contributed by atoms with E-state index in [0.29, 0.717) is 13.0 Å². The molecule has 2 fully saturated rings. The number of carbonyl (C=O) groups excluding carboxylic acids is 2. The molecule has 0 aromatic heterocycles. The maximum absolute atomic E-state index is 12.0. The molecule has 2 heterocycles. The van der Waals surface area contributed by atoms with Crippen LogP contribution in [0.3, 0.4) is 0 Å². The molecule has 0 aliphatic carbocycles. The SMILES string of the molecule is Cc1cc(NC(=O)[C@H]2CCCO2)ccc1N1CCCC1=O. The minimum absolute atomic E-state index is 0.0862. The third-order valence-corrected chi connectivity index (χ3v) is 4.05. The first-order valence-corrected chi connectivity index (χ1v) is 7.48. The number of anilines is 2. The third kappa shape index (κ3) is 2.93. The van der Waals surface area contributed by atoms with Gasteiger partial charge in [-0.25, -0.2) is 0 Å². The molecule has 1 aromatic carbocycles. The van der Waals surface area contributed by atoms with E-state index in [4.69, 9.17) is 4.74 Å². The number of ether oxygens (including phenoxy) is 1. The summed E-state index contributed by atoms with van der Waals surface area (Å²) in [5.74, 6) is 0.0890. The molecule has 1 aromatic rings. The van der Waals surface area contributed by atoms with E-state index in [0.717, 1.165) is 42.7 Å². The second-order valence-electron chi connectivity index (χ2n) is 5.64. The molecule has 0 saturated carbocycles. The van der Waals surface area contributed by atoms with Gasteiger partial charge in [0.1, 0.15) is 6.10 Å². The van der Waals surface area contributed by atoms with Crippen LogP contribution in [0.1, 0.15) is 31.2 Å². The van der Waals surface area contributed by atoms with Gasteiger partial charge in [0.15, 0.2) is 0 Å². The van der Waals surface area contributed by atoms with Gasteiger partial charge in [-0.15, -0.1) is 0 Å². The number of amides is 2. The van der Waals surface area contributed by atoms with Crippen LogP contribution in [0.2, 0.25) is 0 Å². The zero-order valence-corrected chi connectivity index (χ0v) is 12.2. The van der Waals surface area contributed by atoms with Gasteiger partial charge in [0, 0.05) is 30.9 Å². The van der Waals surface area contributed by atoms with Crippen molar-refractivity contribution in [2.24, 2.45) is 0 Å². The minimum atomic E-state index is -0.329. The summed E-state index contributed by atoms with van der Waals surface area (Å²) in [6, 6.07) is 5.66. The molecule has 2 aliphatic heterocycles. The summed E-state index contributed by atoms with van der Waals surface area (Å²) in [6.45, 7) is 3.40. The van der Waals surface area contributed by atoms with Gasteiger partial charge in [0.05, 0.1) is 0 Å². The molecule has 1 atom stereocenters. The van der Waals surface area contributed by atoms with E-state index in [1.54, 1.807) is 0 Å². The highest BCUT2D eigenvalue weighted by atomic mass is 16.5. The van der Waals surface area contributed by atoms with Crippen molar-refractivity contribution in [2.75, 3.05) is 23.4 Å². The van der Waals surface area contributed by atoms with Gasteiger partial charge < -0.3 is 15.0 Å². The van der Waals surface area contributed by atoms with E-state index in [1.807, 2.05) is 30.0 Å². The second kappa shape index (κ2) is 5.85. The lowest BCUT2D eigenvalue weighted by Gasteiger charge is -2.19. The lowest BCUT2D eigenvalue weighted by Crippen LogP contribution is -2.27. The third-order valence-electron chi connectivity index (χ3n) is 4.05. The van der Waals surface area contributed by atoms with Gasteiger partial charge in [-0.2, -0.15) is 0 Å². The summed E-state index contributed by atoms with van der Waals surface area (Å²) >= 11 is 0. The molecule has 0 spiro atoms. The van der Waals surface area contributed by atoms with E-state index < -0.39 is 0 Å². The summed E-state index contributed by atoms with van der Waals surface area (Å²) in [7, 11) is 0. The maximum atomic E-state index is 12.0. The molecular weight excluding hydrogens is 268 g/mol. The van der Waals surface area contributed by atoms with Crippen LogP contribution in [-0.4, -0.2) is 31.1 Å². The van der Waals surface area contributed by atoms with E-state index >= 15 is 0 Å². The number of nitrogens with zero attached hydrogens (tertiary/aromatic N) is 1. The number of aryl methyl sites for hydroxylation is 1. The normalized spacial score (nSPS) is 21.9. The lowest BCUT2D eigenvalue weighted by atomic mass is 10.1. The maximum Gasteiger partial charge on any atom is 0.253 e. The Hall–Kier alpha value is -1.88. The Kier molecular flexibility index (Phi) is 3.92. The Balaban J connectivity index is 1.71. The van der Waals surface area contributed by atoms with E-state index in [9.17, 15) is 9.59 Å². The van der Waals surface area contributed by atoms with E-state index in [1.165, 1.54) is 0 Å². The fourth-order valence-corrected chi connectivity index (χ4v) is 2.95. The van der Waals surface area contributed by atoms with Crippen LogP contribution in [0.15, 0.2) is 18.2 Å². The molecule has 2 saturated heterocycles. The highest BCUT2D eigenvalue weighted by Gasteiger charge is 2.25. The van der Waals surface area contributed by atoms with Crippen LogP contribution in [0.4, 0.5) is 11.4 Å². The molecular formula is C16H20N2O3. The number of nitrogens with one attached hydrogen (secondary N) is 1. The lowest BCUT2D eigenvalue weighted by molar-refractivity contribution is -0.124. The van der Waals surface area contributed by atoms with Crippen molar-refractivity contribution in [3.8, 4) is 0 Å². The summed E-state index contributed by atoms with van der Waals surface area (Å²) < 4.78 is 5.37. The Labute approximate surface area is 124 Å². The quantitative estimate of drug-likeness (QED) is 0.928. The molecule has 0 bridgehead atoms. The Morgan fingerprint density at radius 3 is 2.86 bits per heavy atom. The number of carbonyl (C=O) groups is 2. The average Bonchev–Trinajstić information content (AvgIpc) is 3.10. The van der Waals surface area contributed by atoms with Crippen molar-refractivity contribution in [3.63, 3.8) is 0 Å². The van der Waals surface area contributed by atoms with Crippen LogP contribution in [0, 0.1) is 6.92 Å². The number of hydrogen-bond acceptors (Lipinski definition) is 3. The largest absolute Gasteiger partial charge is 0.368 e. The van der Waals surface area contributed by atoms with Crippen LogP contribution in [0.25, 0.3) is 0 Å². The summed E-state index contributed by atoms with van der Waals surface area (Å²) in [4.78, 5) is 25.6. The number of rotatable bonds is 3. The molecule has 21 heavy (non-hydrogen) atoms. The first-order valence-electron chi connectivity index (χ1n) is 7.48. The van der Waals surface area contributed by atoms with Crippen molar-refractivity contribution in [3.05, 3.63) is 23.8 Å². The fourth-order valence-electron chi connectivity index (χ4n) is 2.95. The highest BCUT2D eigenvalue weighted by molar-refractivity contribution is 5.97. The standard InChI is InChI=1S/C16H20N2O3/c1-11-10-12(17-16(20)14-4-3-9-21-14)6-7-13(11)18-8-2-5-15(18)19/h6-7,10,14H,2-5,8-9H2,1H3,(H,17,20)/t14-/m1/s1. The predicted octanol–water partition coefficient (Wildman–Crippen LogP) is 2.24. The van der Waals surface area contributed by atoms with Gasteiger partial charge in [0.25, 0.3) is 5.91 Å². The highest BCUT2D eigenvalue weighted by Crippen LogP contribution is 2.27. The first kappa shape index (κ1) is 14.1. The average molecular weight is 288 g/mol. The van der Waals surface area contributed by atoms with Crippen molar-refractivity contribution in [2.45, 2.75) is 38.7 Å². The van der Waals surface area contributed by atoms with Crippen molar-refractivity contribution < 1.29 is 14.3 Å². The molecule has 1 N–H and O–H groups in total. The van der Waals surface area contributed by atoms with Gasteiger partial charge in [-0.05, 0) is 49.9 Å². The van der Waals surface area contributed by atoms with Crippen LogP contribution >= 0.6 is 0 Å². The van der Waals surface area contributed by atoms with E-state index in [-0.39, 0.29) is 17.9 Å². The first-order chi connectivity index (χ1) is 10.1. The van der Waals surface area contributed by atoms with Gasteiger partial charge in [-0.3, -0.25) is 9.59 Å². The van der Waals surface area contributed by atoms with Crippen molar-refractivity contribution >= 4 is 23.2 Å².